The molecule has 1 amide bonds. The Morgan fingerprint density at radius 2 is 1.81 bits per heavy atom. The molecule has 1 aromatic heterocycles. The van der Waals surface area contributed by atoms with Gasteiger partial charge in [0.1, 0.15) is 6.54 Å². The molecule has 31 heavy (non-hydrogen) atoms. The molecule has 1 heterocycles. The standard InChI is InChI=1S/C20H17N3O7S/c1-11-4-5-12(8-15(11)23(27)28)18(25)21-20-22(10-17(24)29-2)14-7-6-13(19(26)30-3)9-16(14)31-20/h4-9H,10H2,1-3H3. The predicted molar refractivity (Wildman–Crippen MR) is 111 cm³/mol. The van der Waals surface area contributed by atoms with Crippen molar-refractivity contribution in [1.82, 2.24) is 4.57 Å². The molecule has 0 aliphatic carbocycles. The lowest BCUT2D eigenvalue weighted by Crippen LogP contribution is -2.22. The number of aromatic nitrogens is 1. The lowest BCUT2D eigenvalue weighted by molar-refractivity contribution is -0.385. The Hall–Kier alpha value is -3.86. The maximum Gasteiger partial charge on any atom is 0.337 e. The number of fused-ring (bicyclic) bond motifs is 1. The van der Waals surface area contributed by atoms with Gasteiger partial charge in [-0.15, -0.1) is 0 Å². The first-order valence-corrected chi connectivity index (χ1v) is 9.69. The summed E-state index contributed by atoms with van der Waals surface area (Å²) in [4.78, 5) is 51.3. The van der Waals surface area contributed by atoms with Crippen molar-refractivity contribution < 1.29 is 28.8 Å². The summed E-state index contributed by atoms with van der Waals surface area (Å²) < 4.78 is 11.5. The molecule has 3 aromatic rings. The van der Waals surface area contributed by atoms with Crippen LogP contribution in [0.4, 0.5) is 5.69 Å². The Kier molecular flexibility index (Phi) is 6.25. The van der Waals surface area contributed by atoms with Gasteiger partial charge in [-0.05, 0) is 31.2 Å². The Balaban J connectivity index is 2.15. The second-order valence-electron chi connectivity index (χ2n) is 6.40. The average Bonchev–Trinajstić information content (AvgIpc) is 3.08. The van der Waals surface area contributed by atoms with Gasteiger partial charge in [0.2, 0.25) is 0 Å². The number of nitro benzene ring substituents is 1. The van der Waals surface area contributed by atoms with E-state index in [1.54, 1.807) is 19.1 Å². The fourth-order valence-corrected chi connectivity index (χ4v) is 3.91. The van der Waals surface area contributed by atoms with Crippen molar-refractivity contribution in [3.8, 4) is 0 Å². The molecule has 0 atom stereocenters. The predicted octanol–water partition coefficient (Wildman–Crippen LogP) is 2.62. The van der Waals surface area contributed by atoms with E-state index in [0.717, 1.165) is 17.4 Å². The zero-order valence-electron chi connectivity index (χ0n) is 16.8. The number of carbonyl (C=O) groups excluding carboxylic acids is 3. The molecule has 2 aromatic carbocycles. The third-order valence-corrected chi connectivity index (χ3v) is 5.51. The van der Waals surface area contributed by atoms with Gasteiger partial charge in [0.25, 0.3) is 11.6 Å². The molecular weight excluding hydrogens is 426 g/mol. The summed E-state index contributed by atoms with van der Waals surface area (Å²) in [6, 6.07) is 8.79. The Morgan fingerprint density at radius 3 is 2.45 bits per heavy atom. The summed E-state index contributed by atoms with van der Waals surface area (Å²) >= 11 is 1.08. The smallest absolute Gasteiger partial charge is 0.337 e. The maximum absolute atomic E-state index is 12.7. The van der Waals surface area contributed by atoms with Gasteiger partial charge in [-0.25, -0.2) is 4.79 Å². The van der Waals surface area contributed by atoms with Gasteiger partial charge < -0.3 is 14.0 Å². The van der Waals surface area contributed by atoms with Crippen LogP contribution in [0.25, 0.3) is 10.2 Å². The minimum Gasteiger partial charge on any atom is -0.468 e. The number of methoxy groups -OCH3 is 2. The number of hydrogen-bond donors (Lipinski definition) is 0. The molecule has 0 fully saturated rings. The number of benzene rings is 2. The molecule has 0 saturated carbocycles. The molecule has 0 N–H and O–H groups in total. The number of hydrogen-bond acceptors (Lipinski definition) is 8. The van der Waals surface area contributed by atoms with Crippen molar-refractivity contribution in [1.29, 1.82) is 0 Å². The van der Waals surface area contributed by atoms with Crippen molar-refractivity contribution in [2.24, 2.45) is 4.99 Å². The van der Waals surface area contributed by atoms with Gasteiger partial charge in [-0.3, -0.25) is 19.7 Å². The zero-order valence-corrected chi connectivity index (χ0v) is 17.6. The molecule has 160 valence electrons. The van der Waals surface area contributed by atoms with Gasteiger partial charge in [0.05, 0.1) is 34.9 Å². The topological polar surface area (TPSA) is 130 Å². The van der Waals surface area contributed by atoms with Crippen LogP contribution in [-0.2, 0) is 20.8 Å². The van der Waals surface area contributed by atoms with E-state index in [1.165, 1.54) is 37.0 Å². The number of nitrogens with zero attached hydrogens (tertiary/aromatic N) is 3. The summed E-state index contributed by atoms with van der Waals surface area (Å²) in [7, 11) is 2.50. The van der Waals surface area contributed by atoms with Gasteiger partial charge in [0, 0.05) is 17.2 Å². The normalized spacial score (nSPS) is 11.4. The van der Waals surface area contributed by atoms with E-state index in [-0.39, 0.29) is 22.6 Å². The number of rotatable bonds is 5. The van der Waals surface area contributed by atoms with Crippen molar-refractivity contribution in [2.75, 3.05) is 14.2 Å². The molecule has 0 aliphatic rings. The molecule has 0 radical (unpaired) electrons. The van der Waals surface area contributed by atoms with Crippen LogP contribution >= 0.6 is 11.3 Å². The highest BCUT2D eigenvalue weighted by Gasteiger charge is 2.17. The largest absolute Gasteiger partial charge is 0.468 e. The number of nitro groups is 1. The third kappa shape index (κ3) is 4.51. The van der Waals surface area contributed by atoms with Crippen LogP contribution in [0.3, 0.4) is 0 Å². The number of esters is 2. The Bertz CT molecular complexity index is 1290. The summed E-state index contributed by atoms with van der Waals surface area (Å²) in [5.41, 5.74) is 1.12. The minimum atomic E-state index is -0.707. The van der Waals surface area contributed by atoms with Crippen LogP contribution in [0, 0.1) is 17.0 Å². The number of amides is 1. The second kappa shape index (κ2) is 8.88. The number of thiazole rings is 1. The van der Waals surface area contributed by atoms with Crippen LogP contribution in [0.15, 0.2) is 41.4 Å². The van der Waals surface area contributed by atoms with E-state index in [9.17, 15) is 24.5 Å². The summed E-state index contributed by atoms with van der Waals surface area (Å²) in [5, 5.41) is 11.2. The molecule has 0 bridgehead atoms. The molecule has 3 rings (SSSR count). The lowest BCUT2D eigenvalue weighted by atomic mass is 10.1. The highest BCUT2D eigenvalue weighted by Crippen LogP contribution is 2.22. The van der Waals surface area contributed by atoms with E-state index in [1.807, 2.05) is 0 Å². The third-order valence-electron chi connectivity index (χ3n) is 4.47. The van der Waals surface area contributed by atoms with Gasteiger partial charge >= 0.3 is 11.9 Å². The Labute approximate surface area is 179 Å². The van der Waals surface area contributed by atoms with E-state index >= 15 is 0 Å². The zero-order chi connectivity index (χ0) is 22.7. The minimum absolute atomic E-state index is 0.0367. The molecule has 0 aliphatic heterocycles. The van der Waals surface area contributed by atoms with E-state index in [4.69, 9.17) is 9.47 Å². The Morgan fingerprint density at radius 1 is 1.10 bits per heavy atom. The first-order chi connectivity index (χ1) is 14.7. The summed E-state index contributed by atoms with van der Waals surface area (Å²) in [6.07, 6.45) is 0. The SMILES string of the molecule is COC(=O)Cn1c(=NC(=O)c2ccc(C)c([N+](=O)[O-])c2)sc2cc(C(=O)OC)ccc21. The van der Waals surface area contributed by atoms with Crippen LogP contribution in [-0.4, -0.2) is 41.6 Å². The van der Waals surface area contributed by atoms with Crippen LogP contribution in [0.5, 0.6) is 0 Å². The fraction of sp³-hybridized carbons (Fsp3) is 0.200. The van der Waals surface area contributed by atoms with Crippen molar-refractivity contribution in [2.45, 2.75) is 13.5 Å². The van der Waals surface area contributed by atoms with E-state index in [0.29, 0.717) is 21.3 Å². The maximum atomic E-state index is 12.7. The average molecular weight is 443 g/mol. The summed E-state index contributed by atoms with van der Waals surface area (Å²) in [5.74, 6) is -1.80. The highest BCUT2D eigenvalue weighted by molar-refractivity contribution is 7.16. The highest BCUT2D eigenvalue weighted by atomic mass is 32.1. The summed E-state index contributed by atoms with van der Waals surface area (Å²) in [6.45, 7) is 1.35. The van der Waals surface area contributed by atoms with Crippen molar-refractivity contribution in [3.63, 3.8) is 0 Å². The van der Waals surface area contributed by atoms with Crippen molar-refractivity contribution in [3.05, 3.63) is 68.0 Å². The number of carbonyl (C=O) groups is 3. The molecule has 0 unspecified atom stereocenters. The van der Waals surface area contributed by atoms with Gasteiger partial charge in [-0.1, -0.05) is 17.4 Å². The quantitative estimate of drug-likeness (QED) is 0.336. The fourth-order valence-electron chi connectivity index (χ4n) is 2.84. The number of aryl methyl sites for hydroxylation is 1. The number of ether oxygens (including phenoxy) is 2. The van der Waals surface area contributed by atoms with Crippen molar-refractivity contribution >= 4 is 45.1 Å². The molecule has 0 saturated heterocycles. The van der Waals surface area contributed by atoms with Gasteiger partial charge in [-0.2, -0.15) is 4.99 Å². The van der Waals surface area contributed by atoms with E-state index < -0.39 is 22.8 Å². The molecule has 0 spiro atoms. The molecule has 11 heteroatoms. The van der Waals surface area contributed by atoms with Gasteiger partial charge in [0.15, 0.2) is 4.80 Å². The monoisotopic (exact) mass is 443 g/mol. The lowest BCUT2D eigenvalue weighted by Gasteiger charge is -2.04. The molecule has 10 nitrogen and oxygen atoms in total. The first-order valence-electron chi connectivity index (χ1n) is 8.87. The van der Waals surface area contributed by atoms with E-state index in [2.05, 4.69) is 4.99 Å². The molecular formula is C20H17N3O7S. The van der Waals surface area contributed by atoms with Crippen LogP contribution in [0.2, 0.25) is 0 Å². The van der Waals surface area contributed by atoms with Crippen LogP contribution < -0.4 is 4.80 Å². The first kappa shape index (κ1) is 21.8. The van der Waals surface area contributed by atoms with Crippen LogP contribution in [0.1, 0.15) is 26.3 Å². The second-order valence-corrected chi connectivity index (χ2v) is 7.41.